The van der Waals surface area contributed by atoms with Gasteiger partial charge in [0, 0.05) is 28.5 Å². The number of benzene rings is 2. The van der Waals surface area contributed by atoms with Gasteiger partial charge in [-0.15, -0.1) is 0 Å². The third-order valence-electron chi connectivity index (χ3n) is 3.39. The molecule has 6 heteroatoms. The molecule has 24 heavy (non-hydrogen) atoms. The Balaban J connectivity index is 1.69. The molecule has 0 aliphatic heterocycles. The molecule has 0 spiro atoms. The number of nitrogens with zero attached hydrogens (tertiary/aromatic N) is 2. The first-order valence-corrected chi connectivity index (χ1v) is 8.25. The van der Waals surface area contributed by atoms with E-state index >= 15 is 0 Å². The average Bonchev–Trinajstić information content (AvgIpc) is 2.60. The Morgan fingerprint density at radius 1 is 1.08 bits per heavy atom. The van der Waals surface area contributed by atoms with E-state index in [4.69, 9.17) is 4.74 Å². The highest BCUT2D eigenvalue weighted by Crippen LogP contribution is 2.20. The minimum absolute atomic E-state index is 0.540. The van der Waals surface area contributed by atoms with E-state index in [0.717, 1.165) is 27.3 Å². The number of aromatic nitrogens is 2. The summed E-state index contributed by atoms with van der Waals surface area (Å²) in [7, 11) is 1.67. The molecule has 0 saturated carbocycles. The quantitative estimate of drug-likeness (QED) is 0.649. The molecule has 2 aromatic carbocycles. The molecule has 1 heterocycles. The summed E-state index contributed by atoms with van der Waals surface area (Å²) in [5.41, 5.74) is 1.99. The summed E-state index contributed by atoms with van der Waals surface area (Å²) in [6.45, 7) is 0.622. The Hall–Kier alpha value is -2.60. The molecular weight excluding hydrogens is 368 g/mol. The van der Waals surface area contributed by atoms with Gasteiger partial charge in [-0.2, -0.15) is 4.98 Å². The largest absolute Gasteiger partial charge is 0.496 e. The maximum atomic E-state index is 5.36. The fourth-order valence-corrected chi connectivity index (χ4v) is 2.65. The van der Waals surface area contributed by atoms with Gasteiger partial charge < -0.3 is 15.4 Å². The first-order chi connectivity index (χ1) is 11.7. The van der Waals surface area contributed by atoms with Gasteiger partial charge in [0.05, 0.1) is 7.11 Å². The molecule has 0 amide bonds. The van der Waals surface area contributed by atoms with Crippen LogP contribution >= 0.6 is 15.9 Å². The first kappa shape index (κ1) is 16.3. The fraction of sp³-hybridized carbons (Fsp3) is 0.111. The summed E-state index contributed by atoms with van der Waals surface area (Å²) in [4.78, 5) is 8.73. The molecule has 0 unspecified atom stereocenters. The molecule has 0 fully saturated rings. The van der Waals surface area contributed by atoms with Crippen LogP contribution in [0.3, 0.4) is 0 Å². The molecule has 0 radical (unpaired) electrons. The third kappa shape index (κ3) is 4.23. The summed E-state index contributed by atoms with van der Waals surface area (Å²) >= 11 is 3.45. The summed E-state index contributed by atoms with van der Waals surface area (Å²) in [6, 6.07) is 17.6. The number of rotatable bonds is 6. The lowest BCUT2D eigenvalue weighted by atomic mass is 10.2. The van der Waals surface area contributed by atoms with Crippen molar-refractivity contribution in [2.75, 3.05) is 17.7 Å². The van der Waals surface area contributed by atoms with Crippen LogP contribution in [0.1, 0.15) is 5.56 Å². The Morgan fingerprint density at radius 2 is 1.96 bits per heavy atom. The smallest absolute Gasteiger partial charge is 0.229 e. The van der Waals surface area contributed by atoms with Crippen molar-refractivity contribution < 1.29 is 4.74 Å². The predicted molar refractivity (Wildman–Crippen MR) is 99.8 cm³/mol. The molecule has 1 aromatic heterocycles. The van der Waals surface area contributed by atoms with Crippen molar-refractivity contribution in [1.29, 1.82) is 0 Å². The van der Waals surface area contributed by atoms with E-state index in [1.165, 1.54) is 0 Å². The number of hydrogen-bond acceptors (Lipinski definition) is 5. The Labute approximate surface area is 149 Å². The second-order valence-corrected chi connectivity index (χ2v) is 5.98. The van der Waals surface area contributed by atoms with Gasteiger partial charge in [-0.3, -0.25) is 0 Å². The standard InChI is InChI=1S/C18H17BrN4O/c1-24-16-8-3-2-5-13(16)12-21-17-9-10-20-18(23-17)22-15-7-4-6-14(19)11-15/h2-11H,12H2,1H3,(H2,20,21,22,23). The van der Waals surface area contributed by atoms with Gasteiger partial charge >= 0.3 is 0 Å². The first-order valence-electron chi connectivity index (χ1n) is 7.46. The monoisotopic (exact) mass is 384 g/mol. The van der Waals surface area contributed by atoms with E-state index in [1.807, 2.05) is 54.6 Å². The van der Waals surface area contributed by atoms with Crippen molar-refractivity contribution in [3.8, 4) is 5.75 Å². The average molecular weight is 385 g/mol. The molecule has 0 aliphatic carbocycles. The lowest BCUT2D eigenvalue weighted by Gasteiger charge is -2.11. The molecule has 122 valence electrons. The van der Waals surface area contributed by atoms with Gasteiger partial charge in [0.15, 0.2) is 0 Å². The Bertz CT molecular complexity index is 825. The highest BCUT2D eigenvalue weighted by Gasteiger charge is 2.04. The summed E-state index contributed by atoms with van der Waals surface area (Å²) in [5.74, 6) is 2.14. The minimum Gasteiger partial charge on any atom is -0.496 e. The van der Waals surface area contributed by atoms with Crippen molar-refractivity contribution in [2.24, 2.45) is 0 Å². The van der Waals surface area contributed by atoms with Crippen LogP contribution in [0.15, 0.2) is 65.3 Å². The zero-order chi connectivity index (χ0) is 16.8. The van der Waals surface area contributed by atoms with Gasteiger partial charge in [0.1, 0.15) is 11.6 Å². The predicted octanol–water partition coefficient (Wildman–Crippen LogP) is 4.60. The van der Waals surface area contributed by atoms with Crippen molar-refractivity contribution in [3.05, 3.63) is 70.8 Å². The third-order valence-corrected chi connectivity index (χ3v) is 3.88. The van der Waals surface area contributed by atoms with Crippen LogP contribution in [0, 0.1) is 0 Å². The Kier molecular flexibility index (Phi) is 5.28. The van der Waals surface area contributed by atoms with Crippen LogP contribution in [-0.2, 0) is 6.54 Å². The highest BCUT2D eigenvalue weighted by atomic mass is 79.9. The SMILES string of the molecule is COc1ccccc1CNc1ccnc(Nc2cccc(Br)c2)n1. The molecule has 2 N–H and O–H groups in total. The van der Waals surface area contributed by atoms with E-state index < -0.39 is 0 Å². The van der Waals surface area contributed by atoms with Crippen LogP contribution in [-0.4, -0.2) is 17.1 Å². The lowest BCUT2D eigenvalue weighted by molar-refractivity contribution is 0.410. The van der Waals surface area contributed by atoms with Crippen LogP contribution in [0.5, 0.6) is 5.75 Å². The summed E-state index contributed by atoms with van der Waals surface area (Å²) in [6.07, 6.45) is 1.72. The molecule has 0 aliphatic rings. The van der Waals surface area contributed by atoms with E-state index in [2.05, 4.69) is 36.5 Å². The van der Waals surface area contributed by atoms with Gasteiger partial charge in [-0.25, -0.2) is 4.98 Å². The maximum absolute atomic E-state index is 5.36. The number of ether oxygens (including phenoxy) is 1. The molecular formula is C18H17BrN4O. The molecule has 0 atom stereocenters. The second-order valence-electron chi connectivity index (χ2n) is 5.07. The zero-order valence-corrected chi connectivity index (χ0v) is 14.7. The van der Waals surface area contributed by atoms with Crippen molar-refractivity contribution in [3.63, 3.8) is 0 Å². The molecule has 3 aromatic rings. The van der Waals surface area contributed by atoms with Crippen molar-refractivity contribution in [2.45, 2.75) is 6.54 Å². The molecule has 3 rings (SSSR count). The maximum Gasteiger partial charge on any atom is 0.229 e. The van der Waals surface area contributed by atoms with E-state index in [0.29, 0.717) is 12.5 Å². The van der Waals surface area contributed by atoms with E-state index in [-0.39, 0.29) is 0 Å². The molecule has 5 nitrogen and oxygen atoms in total. The topological polar surface area (TPSA) is 59.1 Å². The summed E-state index contributed by atoms with van der Waals surface area (Å²) < 4.78 is 6.36. The second kappa shape index (κ2) is 7.79. The number of nitrogens with one attached hydrogen (secondary N) is 2. The van der Waals surface area contributed by atoms with E-state index in [1.54, 1.807) is 13.3 Å². The lowest BCUT2D eigenvalue weighted by Crippen LogP contribution is -2.05. The normalized spacial score (nSPS) is 10.2. The van der Waals surface area contributed by atoms with Crippen LogP contribution in [0.25, 0.3) is 0 Å². The summed E-state index contributed by atoms with van der Waals surface area (Å²) in [5, 5.41) is 6.48. The zero-order valence-electron chi connectivity index (χ0n) is 13.2. The van der Waals surface area contributed by atoms with Crippen LogP contribution in [0.2, 0.25) is 0 Å². The van der Waals surface area contributed by atoms with Gasteiger partial charge in [-0.05, 0) is 30.3 Å². The van der Waals surface area contributed by atoms with Gasteiger partial charge in [0.25, 0.3) is 0 Å². The van der Waals surface area contributed by atoms with Gasteiger partial charge in [0.2, 0.25) is 5.95 Å². The number of para-hydroxylation sites is 1. The molecule has 0 bridgehead atoms. The number of hydrogen-bond donors (Lipinski definition) is 2. The Morgan fingerprint density at radius 3 is 2.79 bits per heavy atom. The number of methoxy groups -OCH3 is 1. The minimum atomic E-state index is 0.540. The van der Waals surface area contributed by atoms with Crippen molar-refractivity contribution in [1.82, 2.24) is 9.97 Å². The van der Waals surface area contributed by atoms with E-state index in [9.17, 15) is 0 Å². The van der Waals surface area contributed by atoms with Gasteiger partial charge in [-0.1, -0.05) is 40.2 Å². The number of halogens is 1. The van der Waals surface area contributed by atoms with Crippen molar-refractivity contribution >= 4 is 33.4 Å². The number of anilines is 3. The highest BCUT2D eigenvalue weighted by molar-refractivity contribution is 9.10. The fourth-order valence-electron chi connectivity index (χ4n) is 2.25. The van der Waals surface area contributed by atoms with Crippen LogP contribution < -0.4 is 15.4 Å². The molecule has 0 saturated heterocycles. The van der Waals surface area contributed by atoms with Crippen LogP contribution in [0.4, 0.5) is 17.5 Å².